The predicted octanol–water partition coefficient (Wildman–Crippen LogP) is 6.44. The Hall–Kier alpha value is -3.31. The maximum atomic E-state index is 14.7. The van der Waals surface area contributed by atoms with Crippen LogP contribution in [0.15, 0.2) is 60.8 Å². The van der Waals surface area contributed by atoms with Crippen molar-refractivity contribution in [3.8, 4) is 11.1 Å². The minimum atomic E-state index is -1.22. The number of nitrogens with zero attached hydrogens (tertiary/aromatic N) is 1. The molecule has 1 atom stereocenters. The molecule has 0 bridgehead atoms. The first-order valence-corrected chi connectivity index (χ1v) is 10.1. The number of hydrogen-bond acceptors (Lipinski definition) is 3. The summed E-state index contributed by atoms with van der Waals surface area (Å²) < 4.78 is 20.7. The summed E-state index contributed by atoms with van der Waals surface area (Å²) in [6.45, 7) is 7.32. The van der Waals surface area contributed by atoms with Gasteiger partial charge in [-0.15, -0.1) is 0 Å². The van der Waals surface area contributed by atoms with Gasteiger partial charge in [0.05, 0.1) is 11.1 Å². The molecule has 0 saturated carbocycles. The number of fused-ring (bicyclic) bond motifs is 2. The first-order chi connectivity index (χ1) is 14.7. The van der Waals surface area contributed by atoms with Gasteiger partial charge >= 0.3 is 5.97 Å². The maximum absolute atomic E-state index is 14.7. The van der Waals surface area contributed by atoms with Crippen molar-refractivity contribution < 1.29 is 19.0 Å². The van der Waals surface area contributed by atoms with Crippen LogP contribution in [0, 0.1) is 12.7 Å². The third-order valence-electron chi connectivity index (χ3n) is 5.19. The van der Waals surface area contributed by atoms with Gasteiger partial charge in [-0.1, -0.05) is 36.4 Å². The molecule has 1 unspecified atom stereocenters. The Bertz CT molecular complexity index is 1310. The number of aliphatic carboxylic acids is 1. The van der Waals surface area contributed by atoms with Crippen LogP contribution in [0.25, 0.3) is 32.8 Å². The van der Waals surface area contributed by atoms with Crippen molar-refractivity contribution in [2.75, 3.05) is 0 Å². The van der Waals surface area contributed by atoms with Crippen LogP contribution in [-0.4, -0.2) is 21.7 Å². The number of pyridine rings is 1. The highest BCUT2D eigenvalue weighted by atomic mass is 19.1. The van der Waals surface area contributed by atoms with Gasteiger partial charge in [0.15, 0.2) is 6.10 Å². The largest absolute Gasteiger partial charge is 0.479 e. The normalized spacial score (nSPS) is 12.9. The molecule has 1 heterocycles. The fourth-order valence-electron chi connectivity index (χ4n) is 4.06. The molecule has 0 aliphatic heterocycles. The average Bonchev–Trinajstić information content (AvgIpc) is 2.70. The summed E-state index contributed by atoms with van der Waals surface area (Å²) in [6.07, 6.45) is 0.434. The quantitative estimate of drug-likeness (QED) is 0.415. The second-order valence-corrected chi connectivity index (χ2v) is 8.68. The molecular weight excluding hydrogens is 393 g/mol. The third-order valence-corrected chi connectivity index (χ3v) is 5.19. The van der Waals surface area contributed by atoms with Gasteiger partial charge in [-0.3, -0.25) is 4.98 Å². The summed E-state index contributed by atoms with van der Waals surface area (Å²) in [5.74, 6) is -1.50. The van der Waals surface area contributed by atoms with Crippen molar-refractivity contribution in [3.63, 3.8) is 0 Å². The van der Waals surface area contributed by atoms with E-state index < -0.39 is 23.5 Å². The fraction of sp³-hybridized carbons (Fsp3) is 0.231. The molecule has 3 aromatic carbocycles. The second-order valence-electron chi connectivity index (χ2n) is 8.68. The van der Waals surface area contributed by atoms with E-state index in [1.165, 1.54) is 12.1 Å². The van der Waals surface area contributed by atoms with Crippen LogP contribution in [0.1, 0.15) is 38.0 Å². The summed E-state index contributed by atoms with van der Waals surface area (Å²) in [5.41, 5.74) is 2.38. The van der Waals surface area contributed by atoms with Crippen LogP contribution in [0.2, 0.25) is 0 Å². The fourth-order valence-corrected chi connectivity index (χ4v) is 4.06. The summed E-state index contributed by atoms with van der Waals surface area (Å²) in [6, 6.07) is 16.1. The SMILES string of the molecule is Cc1cc2ccccc2c(-c2cc(F)cc3cccnc23)c1C(OC(C)(C)C)C(=O)O. The lowest BCUT2D eigenvalue weighted by molar-refractivity contribution is -0.160. The topological polar surface area (TPSA) is 59.4 Å². The molecule has 4 rings (SSSR count). The summed E-state index contributed by atoms with van der Waals surface area (Å²) in [7, 11) is 0. The van der Waals surface area contributed by atoms with Crippen LogP contribution < -0.4 is 0 Å². The van der Waals surface area contributed by atoms with E-state index in [0.29, 0.717) is 27.6 Å². The van der Waals surface area contributed by atoms with E-state index in [4.69, 9.17) is 4.74 Å². The molecule has 0 spiro atoms. The lowest BCUT2D eigenvalue weighted by atomic mass is 9.86. The standard InChI is InChI=1S/C26H24FNO3/c1-15-12-16-8-5-6-10-19(16)22(21(15)24(25(29)30)31-26(2,3)4)20-14-18(27)13-17-9-7-11-28-23(17)20/h5-14,24H,1-4H3,(H,29,30). The molecule has 0 fully saturated rings. The van der Waals surface area contributed by atoms with Crippen LogP contribution in [0.3, 0.4) is 0 Å². The number of halogens is 1. The number of benzene rings is 3. The van der Waals surface area contributed by atoms with E-state index >= 15 is 0 Å². The zero-order valence-corrected chi connectivity index (χ0v) is 17.9. The van der Waals surface area contributed by atoms with Crippen molar-refractivity contribution in [3.05, 3.63) is 77.7 Å². The molecule has 4 aromatic rings. The number of aromatic nitrogens is 1. The van der Waals surface area contributed by atoms with Gasteiger partial charge in [0.2, 0.25) is 0 Å². The Morgan fingerprint density at radius 1 is 1.06 bits per heavy atom. The predicted molar refractivity (Wildman–Crippen MR) is 121 cm³/mol. The van der Waals surface area contributed by atoms with Crippen molar-refractivity contribution in [2.45, 2.75) is 39.4 Å². The Morgan fingerprint density at radius 3 is 2.48 bits per heavy atom. The number of carbonyl (C=O) groups is 1. The molecule has 0 radical (unpaired) electrons. The van der Waals surface area contributed by atoms with E-state index in [9.17, 15) is 14.3 Å². The lowest BCUT2D eigenvalue weighted by Gasteiger charge is -2.28. The number of carboxylic acid groups (broad SMARTS) is 1. The minimum Gasteiger partial charge on any atom is -0.479 e. The molecule has 0 aliphatic carbocycles. The van der Waals surface area contributed by atoms with Crippen LogP contribution in [-0.2, 0) is 9.53 Å². The van der Waals surface area contributed by atoms with Crippen LogP contribution in [0.5, 0.6) is 0 Å². The number of hydrogen-bond donors (Lipinski definition) is 1. The van der Waals surface area contributed by atoms with E-state index in [1.54, 1.807) is 18.3 Å². The van der Waals surface area contributed by atoms with Gasteiger partial charge < -0.3 is 9.84 Å². The molecule has 1 aromatic heterocycles. The monoisotopic (exact) mass is 417 g/mol. The molecule has 1 N–H and O–H groups in total. The zero-order valence-electron chi connectivity index (χ0n) is 17.9. The Labute approximate surface area is 180 Å². The minimum absolute atomic E-state index is 0.407. The van der Waals surface area contributed by atoms with Crippen molar-refractivity contribution in [1.29, 1.82) is 0 Å². The van der Waals surface area contributed by atoms with Crippen molar-refractivity contribution >= 4 is 27.6 Å². The highest BCUT2D eigenvalue weighted by molar-refractivity contribution is 6.06. The average molecular weight is 417 g/mol. The molecule has 4 nitrogen and oxygen atoms in total. The van der Waals surface area contributed by atoms with Gasteiger partial charge in [0.25, 0.3) is 0 Å². The molecule has 0 amide bonds. The Kier molecular flexibility index (Phi) is 5.23. The summed E-state index contributed by atoms with van der Waals surface area (Å²) >= 11 is 0. The van der Waals surface area contributed by atoms with Crippen molar-refractivity contribution in [1.82, 2.24) is 4.98 Å². The Morgan fingerprint density at radius 2 is 1.77 bits per heavy atom. The number of rotatable bonds is 4. The summed E-state index contributed by atoms with van der Waals surface area (Å²) in [4.78, 5) is 16.9. The third kappa shape index (κ3) is 4.01. The van der Waals surface area contributed by atoms with Gasteiger partial charge in [0.1, 0.15) is 5.82 Å². The summed E-state index contributed by atoms with van der Waals surface area (Å²) in [5, 5.41) is 12.5. The van der Waals surface area contributed by atoms with E-state index in [1.807, 2.05) is 58.0 Å². The molecule has 158 valence electrons. The van der Waals surface area contributed by atoms with E-state index in [-0.39, 0.29) is 0 Å². The maximum Gasteiger partial charge on any atom is 0.337 e. The van der Waals surface area contributed by atoms with Gasteiger partial charge in [-0.25, -0.2) is 9.18 Å². The highest BCUT2D eigenvalue weighted by Gasteiger charge is 2.32. The number of ether oxygens (including phenoxy) is 1. The van der Waals surface area contributed by atoms with Crippen LogP contribution in [0.4, 0.5) is 4.39 Å². The zero-order chi connectivity index (χ0) is 22.3. The van der Waals surface area contributed by atoms with Crippen LogP contribution >= 0.6 is 0 Å². The first kappa shape index (κ1) is 20.9. The highest BCUT2D eigenvalue weighted by Crippen LogP contribution is 2.42. The molecule has 0 aliphatic rings. The van der Waals surface area contributed by atoms with Crippen molar-refractivity contribution in [2.24, 2.45) is 0 Å². The van der Waals surface area contributed by atoms with Gasteiger partial charge in [-0.2, -0.15) is 0 Å². The molecule has 5 heteroatoms. The number of aryl methyl sites for hydroxylation is 1. The number of carboxylic acids is 1. The molecular formula is C26H24FNO3. The van der Waals surface area contributed by atoms with E-state index in [0.717, 1.165) is 16.3 Å². The lowest BCUT2D eigenvalue weighted by Crippen LogP contribution is -2.28. The molecule has 31 heavy (non-hydrogen) atoms. The van der Waals surface area contributed by atoms with Gasteiger partial charge in [-0.05, 0) is 67.8 Å². The Balaban J connectivity index is 2.17. The second kappa shape index (κ2) is 7.75. The van der Waals surface area contributed by atoms with Gasteiger partial charge in [0, 0.05) is 22.7 Å². The molecule has 0 saturated heterocycles. The van der Waals surface area contributed by atoms with E-state index in [2.05, 4.69) is 4.98 Å². The smallest absolute Gasteiger partial charge is 0.337 e. The first-order valence-electron chi connectivity index (χ1n) is 10.1.